The quantitative estimate of drug-likeness (QED) is 0.720. The molecule has 0 bridgehead atoms. The van der Waals surface area contributed by atoms with E-state index in [0.29, 0.717) is 6.42 Å². The van der Waals surface area contributed by atoms with Crippen molar-refractivity contribution in [3.8, 4) is 0 Å². The van der Waals surface area contributed by atoms with Gasteiger partial charge >= 0.3 is 5.97 Å². The van der Waals surface area contributed by atoms with E-state index in [1.807, 2.05) is 27.7 Å². The molecule has 0 rings (SSSR count). The van der Waals surface area contributed by atoms with Crippen molar-refractivity contribution >= 4 is 15.2 Å². The maximum absolute atomic E-state index is 10.7. The first-order valence-electron chi connectivity index (χ1n) is 4.67. The number of aliphatic carboxylic acids is 1. The van der Waals surface area contributed by atoms with Crippen LogP contribution in [0.15, 0.2) is 0 Å². The normalized spacial score (nSPS) is 11.6. The van der Waals surface area contributed by atoms with E-state index in [1.54, 1.807) is 13.8 Å². The minimum atomic E-state index is -0.729. The van der Waals surface area contributed by atoms with Crippen molar-refractivity contribution in [3.63, 3.8) is 0 Å². The van der Waals surface area contributed by atoms with Crippen LogP contribution in [0.1, 0.15) is 48.0 Å². The van der Waals surface area contributed by atoms with E-state index in [2.05, 4.69) is 9.24 Å². The monoisotopic (exact) mass is 206 g/mol. The van der Waals surface area contributed by atoms with Crippen LogP contribution in [-0.4, -0.2) is 16.2 Å². The smallest absolute Gasteiger partial charge is 0.309 e. The molecule has 0 aromatic heterocycles. The summed E-state index contributed by atoms with van der Waals surface area (Å²) >= 11 is 0. The van der Waals surface area contributed by atoms with Crippen molar-refractivity contribution in [2.75, 3.05) is 0 Å². The van der Waals surface area contributed by atoms with Crippen molar-refractivity contribution in [2.45, 2.75) is 53.1 Å². The van der Waals surface area contributed by atoms with Gasteiger partial charge in [-0.2, -0.15) is 0 Å². The van der Waals surface area contributed by atoms with Crippen LogP contribution in [0.4, 0.5) is 0 Å². The minimum absolute atomic E-state index is 0.00188. The highest BCUT2D eigenvalue weighted by atomic mass is 31.0. The molecule has 1 atom stereocenters. The molecular weight excluding hydrogens is 183 g/mol. The van der Waals surface area contributed by atoms with Crippen LogP contribution in [-0.2, 0) is 4.79 Å². The Kier molecular flexibility index (Phi) is 6.61. The fourth-order valence-electron chi connectivity index (χ4n) is 1.21. The Labute approximate surface area is 84.3 Å². The van der Waals surface area contributed by atoms with Gasteiger partial charge in [-0.25, -0.2) is 0 Å². The van der Waals surface area contributed by atoms with Gasteiger partial charge in [0.05, 0.1) is 5.41 Å². The Morgan fingerprint density at radius 1 is 1.23 bits per heavy atom. The van der Waals surface area contributed by atoms with Crippen molar-refractivity contribution < 1.29 is 9.90 Å². The Bertz CT molecular complexity index is 157. The SMILES string of the molecule is CC.CC(C)(P)CC(C)(C)C(=O)O. The highest BCUT2D eigenvalue weighted by Gasteiger charge is 2.32. The molecule has 2 nitrogen and oxygen atoms in total. The number of carboxylic acid groups (broad SMARTS) is 1. The molecule has 0 radical (unpaired) electrons. The van der Waals surface area contributed by atoms with E-state index in [9.17, 15) is 4.79 Å². The van der Waals surface area contributed by atoms with Gasteiger partial charge in [0.25, 0.3) is 0 Å². The third-order valence-corrected chi connectivity index (χ3v) is 1.68. The molecule has 80 valence electrons. The highest BCUT2D eigenvalue weighted by molar-refractivity contribution is 7.18. The Balaban J connectivity index is 0. The van der Waals surface area contributed by atoms with Crippen molar-refractivity contribution in [3.05, 3.63) is 0 Å². The molecule has 0 spiro atoms. The second kappa shape index (κ2) is 5.59. The van der Waals surface area contributed by atoms with E-state index >= 15 is 0 Å². The number of hydrogen-bond donors (Lipinski definition) is 1. The van der Waals surface area contributed by atoms with Crippen molar-refractivity contribution in [1.82, 2.24) is 0 Å². The first kappa shape index (κ1) is 15.4. The molecule has 3 heteroatoms. The second-order valence-electron chi connectivity index (χ2n) is 4.35. The van der Waals surface area contributed by atoms with Gasteiger partial charge in [-0.15, -0.1) is 9.24 Å². The predicted octanol–water partition coefficient (Wildman–Crippen LogP) is 3.17. The molecule has 0 amide bonds. The average molecular weight is 206 g/mol. The van der Waals surface area contributed by atoms with Gasteiger partial charge in [0, 0.05) is 0 Å². The predicted molar refractivity (Wildman–Crippen MR) is 61.2 cm³/mol. The lowest BCUT2D eigenvalue weighted by atomic mass is 9.84. The molecule has 0 fully saturated rings. The van der Waals surface area contributed by atoms with E-state index in [0.717, 1.165) is 0 Å². The molecular formula is C10H23O2P. The van der Waals surface area contributed by atoms with Gasteiger partial charge < -0.3 is 5.11 Å². The van der Waals surface area contributed by atoms with Crippen LogP contribution < -0.4 is 0 Å². The van der Waals surface area contributed by atoms with Crippen molar-refractivity contribution in [1.29, 1.82) is 0 Å². The molecule has 0 aliphatic carbocycles. The standard InChI is InChI=1S/C8H17O2P.C2H6/c1-7(2,6(9)10)5-8(3,4)11;1-2/h5,11H2,1-4H3,(H,9,10);1-2H3. The Morgan fingerprint density at radius 2 is 1.54 bits per heavy atom. The van der Waals surface area contributed by atoms with Crippen LogP contribution in [0.3, 0.4) is 0 Å². The summed E-state index contributed by atoms with van der Waals surface area (Å²) in [6.45, 7) is 11.5. The number of carbonyl (C=O) groups is 1. The average Bonchev–Trinajstić information content (AvgIpc) is 1.86. The molecule has 0 aromatic carbocycles. The third-order valence-electron chi connectivity index (χ3n) is 1.48. The summed E-state index contributed by atoms with van der Waals surface area (Å²) in [7, 11) is 2.66. The van der Waals surface area contributed by atoms with Gasteiger partial charge in [0.2, 0.25) is 0 Å². The minimum Gasteiger partial charge on any atom is -0.481 e. The molecule has 0 saturated heterocycles. The molecule has 0 heterocycles. The zero-order valence-electron chi connectivity index (χ0n) is 9.64. The zero-order valence-corrected chi connectivity index (χ0v) is 10.8. The Morgan fingerprint density at radius 3 is 1.62 bits per heavy atom. The fourth-order valence-corrected chi connectivity index (χ4v) is 1.72. The molecule has 1 N–H and O–H groups in total. The fraction of sp³-hybridized carbons (Fsp3) is 0.900. The summed E-state index contributed by atoms with van der Waals surface area (Å²) in [5.74, 6) is -0.729. The Hall–Kier alpha value is -0.100. The van der Waals surface area contributed by atoms with Gasteiger partial charge in [0.15, 0.2) is 0 Å². The van der Waals surface area contributed by atoms with E-state index in [-0.39, 0.29) is 5.16 Å². The van der Waals surface area contributed by atoms with Crippen LogP contribution >= 0.6 is 9.24 Å². The summed E-state index contributed by atoms with van der Waals surface area (Å²) in [5, 5.41) is 8.80. The van der Waals surface area contributed by atoms with E-state index in [1.165, 1.54) is 0 Å². The lowest BCUT2D eigenvalue weighted by Gasteiger charge is -2.28. The molecule has 0 aliphatic heterocycles. The molecule has 0 saturated carbocycles. The van der Waals surface area contributed by atoms with Gasteiger partial charge in [-0.3, -0.25) is 4.79 Å². The summed E-state index contributed by atoms with van der Waals surface area (Å²) in [6, 6.07) is 0. The maximum atomic E-state index is 10.7. The summed E-state index contributed by atoms with van der Waals surface area (Å²) in [5.41, 5.74) is -0.620. The summed E-state index contributed by atoms with van der Waals surface area (Å²) < 4.78 is 0. The van der Waals surface area contributed by atoms with Crippen LogP contribution in [0.25, 0.3) is 0 Å². The molecule has 0 aromatic rings. The molecule has 13 heavy (non-hydrogen) atoms. The largest absolute Gasteiger partial charge is 0.481 e. The van der Waals surface area contributed by atoms with Gasteiger partial charge in [-0.1, -0.05) is 27.7 Å². The van der Waals surface area contributed by atoms with Gasteiger partial charge in [0.1, 0.15) is 0 Å². The first-order valence-corrected chi connectivity index (χ1v) is 5.25. The molecule has 0 aliphatic rings. The lowest BCUT2D eigenvalue weighted by Crippen LogP contribution is -2.30. The third kappa shape index (κ3) is 8.24. The van der Waals surface area contributed by atoms with E-state index < -0.39 is 11.4 Å². The first-order chi connectivity index (χ1) is 5.65. The highest BCUT2D eigenvalue weighted by Crippen LogP contribution is 2.33. The van der Waals surface area contributed by atoms with Crippen LogP contribution in [0.2, 0.25) is 0 Å². The van der Waals surface area contributed by atoms with Crippen LogP contribution in [0, 0.1) is 5.41 Å². The zero-order chi connectivity index (χ0) is 11.3. The molecule has 1 unspecified atom stereocenters. The number of hydrogen-bond acceptors (Lipinski definition) is 1. The van der Waals surface area contributed by atoms with Crippen molar-refractivity contribution in [2.24, 2.45) is 5.41 Å². The number of carboxylic acids is 1. The van der Waals surface area contributed by atoms with E-state index in [4.69, 9.17) is 5.11 Å². The van der Waals surface area contributed by atoms with Crippen LogP contribution in [0.5, 0.6) is 0 Å². The topological polar surface area (TPSA) is 37.3 Å². The summed E-state index contributed by atoms with van der Waals surface area (Å²) in [4.78, 5) is 10.7. The summed E-state index contributed by atoms with van der Waals surface area (Å²) in [6.07, 6.45) is 0.667. The number of rotatable bonds is 3. The lowest BCUT2D eigenvalue weighted by molar-refractivity contribution is -0.147. The second-order valence-corrected chi connectivity index (χ2v) is 5.92. The maximum Gasteiger partial charge on any atom is 0.309 e. The van der Waals surface area contributed by atoms with Gasteiger partial charge in [-0.05, 0) is 25.4 Å².